The topological polar surface area (TPSA) is 113 Å². The molecule has 3 N–H and O–H groups in total. The summed E-state index contributed by atoms with van der Waals surface area (Å²) in [6.07, 6.45) is 11.2. The summed E-state index contributed by atoms with van der Waals surface area (Å²) in [5, 5.41) is 16.9. The van der Waals surface area contributed by atoms with E-state index < -0.39 is 5.82 Å². The van der Waals surface area contributed by atoms with Gasteiger partial charge in [0, 0.05) is 29.6 Å². The molecule has 4 aromatic heterocycles. The summed E-state index contributed by atoms with van der Waals surface area (Å²) in [6, 6.07) is 9.72. The van der Waals surface area contributed by atoms with Gasteiger partial charge in [0.2, 0.25) is 6.41 Å². The van der Waals surface area contributed by atoms with Crippen LogP contribution in [-0.2, 0) is 4.79 Å². The van der Waals surface area contributed by atoms with Gasteiger partial charge in [0.15, 0.2) is 17.5 Å². The van der Waals surface area contributed by atoms with Crippen LogP contribution in [-0.4, -0.2) is 36.4 Å². The number of nitrogens with zero attached hydrogens (tertiary/aromatic N) is 5. The molecule has 1 atom stereocenters. The molecule has 0 aromatic carbocycles. The highest BCUT2D eigenvalue weighted by atomic mass is 19.1. The smallest absolute Gasteiger partial charge is 0.207 e. The van der Waals surface area contributed by atoms with Gasteiger partial charge >= 0.3 is 0 Å². The maximum absolute atomic E-state index is 12.8. The Kier molecular flexibility index (Phi) is 8.60. The van der Waals surface area contributed by atoms with Gasteiger partial charge in [-0.15, -0.1) is 0 Å². The number of anilines is 2. The summed E-state index contributed by atoms with van der Waals surface area (Å²) < 4.78 is 14.1. The Morgan fingerprint density at radius 2 is 1.92 bits per heavy atom. The van der Waals surface area contributed by atoms with Crippen LogP contribution in [0.1, 0.15) is 73.5 Å². The van der Waals surface area contributed by atoms with Crippen molar-refractivity contribution in [1.82, 2.24) is 35.3 Å². The molecule has 37 heavy (non-hydrogen) atoms. The molecule has 194 valence electrons. The number of carbonyl (C=O) groups excluding carboxylic acids is 1. The third-order valence-electron chi connectivity index (χ3n) is 6.35. The number of aromatic amines is 1. The summed E-state index contributed by atoms with van der Waals surface area (Å²) in [6.45, 7) is 5.98. The standard InChI is InChI=1S/C16H22N4.C11H11FN4O/c1-11-8-14(13-6-4-3-5-7-13)17-15(9-11)18-16-10-12(2)19-20-16;1-8(14-7-17)9-2-3-11(13-4-9)16-6-10(12)5-15-16/h8-10,13H,3-7H2,1-2H3,(H2,17,18,19,20);2-8H,1H3,(H,14,17). The highest BCUT2D eigenvalue weighted by Gasteiger charge is 2.17. The Morgan fingerprint density at radius 1 is 1.11 bits per heavy atom. The molecule has 0 spiro atoms. The van der Waals surface area contributed by atoms with Crippen LogP contribution in [0, 0.1) is 19.7 Å². The monoisotopic (exact) mass is 504 g/mol. The first-order valence-corrected chi connectivity index (χ1v) is 12.5. The molecular formula is C27H33FN8O. The Hall–Kier alpha value is -4.08. The van der Waals surface area contributed by atoms with Gasteiger partial charge in [-0.25, -0.2) is 19.0 Å². The molecule has 4 heterocycles. The fraction of sp³-hybridized carbons (Fsp3) is 0.370. The van der Waals surface area contributed by atoms with Gasteiger partial charge in [-0.1, -0.05) is 25.3 Å². The summed E-state index contributed by atoms with van der Waals surface area (Å²) in [5.41, 5.74) is 4.41. The molecule has 0 aliphatic heterocycles. The van der Waals surface area contributed by atoms with E-state index in [2.05, 4.69) is 50.0 Å². The minimum atomic E-state index is -0.410. The van der Waals surface area contributed by atoms with Crippen molar-refractivity contribution in [2.24, 2.45) is 0 Å². The van der Waals surface area contributed by atoms with Gasteiger partial charge in [-0.05, 0) is 62.9 Å². The number of nitrogens with one attached hydrogen (secondary N) is 3. The lowest BCUT2D eigenvalue weighted by molar-refractivity contribution is -0.110. The van der Waals surface area contributed by atoms with Crippen molar-refractivity contribution in [3.8, 4) is 5.82 Å². The summed E-state index contributed by atoms with van der Waals surface area (Å²) in [4.78, 5) is 19.2. The van der Waals surface area contributed by atoms with Crippen molar-refractivity contribution in [3.63, 3.8) is 0 Å². The lowest BCUT2D eigenvalue weighted by atomic mass is 9.86. The van der Waals surface area contributed by atoms with Crippen molar-refractivity contribution in [3.05, 3.63) is 77.3 Å². The zero-order valence-corrected chi connectivity index (χ0v) is 21.4. The van der Waals surface area contributed by atoms with Crippen LogP contribution in [0.25, 0.3) is 5.82 Å². The molecule has 0 bridgehead atoms. The predicted molar refractivity (Wildman–Crippen MR) is 140 cm³/mol. The molecule has 10 heteroatoms. The maximum atomic E-state index is 12.8. The second-order valence-electron chi connectivity index (χ2n) is 9.41. The number of hydrogen-bond donors (Lipinski definition) is 3. The lowest BCUT2D eigenvalue weighted by Crippen LogP contribution is -2.16. The van der Waals surface area contributed by atoms with Crippen LogP contribution in [0.4, 0.5) is 16.0 Å². The predicted octanol–water partition coefficient (Wildman–Crippen LogP) is 5.43. The second-order valence-corrected chi connectivity index (χ2v) is 9.41. The van der Waals surface area contributed by atoms with Gasteiger partial charge < -0.3 is 10.6 Å². The molecular weight excluding hydrogens is 471 g/mol. The van der Waals surface area contributed by atoms with Crippen LogP contribution < -0.4 is 10.6 Å². The first-order valence-electron chi connectivity index (χ1n) is 12.5. The number of carbonyl (C=O) groups is 1. The Bertz CT molecular complexity index is 1290. The SMILES string of the molecule is CC(NC=O)c1ccc(-n2cc(F)cn2)nc1.Cc1cc(Nc2cc(C)[nH]n2)nc(C2CCCCC2)c1. The van der Waals surface area contributed by atoms with Crippen molar-refractivity contribution in [2.45, 2.75) is 64.8 Å². The first-order chi connectivity index (χ1) is 17.9. The Labute approximate surface area is 215 Å². The van der Waals surface area contributed by atoms with E-state index in [1.165, 1.54) is 54.2 Å². The van der Waals surface area contributed by atoms with Crippen molar-refractivity contribution in [1.29, 1.82) is 0 Å². The highest BCUT2D eigenvalue weighted by molar-refractivity contribution is 5.53. The minimum Gasteiger partial charge on any atom is -0.352 e. The quantitative estimate of drug-likeness (QED) is 0.289. The molecule has 4 aromatic rings. The molecule has 9 nitrogen and oxygen atoms in total. The van der Waals surface area contributed by atoms with Crippen LogP contribution in [0.5, 0.6) is 0 Å². The van der Waals surface area contributed by atoms with E-state index in [4.69, 9.17) is 4.98 Å². The van der Waals surface area contributed by atoms with E-state index in [1.54, 1.807) is 12.3 Å². The van der Waals surface area contributed by atoms with Crippen LogP contribution in [0.15, 0.2) is 48.9 Å². The van der Waals surface area contributed by atoms with E-state index in [0.29, 0.717) is 18.1 Å². The van der Waals surface area contributed by atoms with Crippen LogP contribution in [0.3, 0.4) is 0 Å². The fourth-order valence-electron chi connectivity index (χ4n) is 4.39. The Morgan fingerprint density at radius 3 is 2.54 bits per heavy atom. The Balaban J connectivity index is 0.000000176. The second kappa shape index (κ2) is 12.2. The van der Waals surface area contributed by atoms with Crippen molar-refractivity contribution >= 4 is 18.0 Å². The largest absolute Gasteiger partial charge is 0.352 e. The summed E-state index contributed by atoms with van der Waals surface area (Å²) >= 11 is 0. The molecule has 1 aliphatic carbocycles. The van der Waals surface area contributed by atoms with E-state index >= 15 is 0 Å². The molecule has 1 fully saturated rings. The van der Waals surface area contributed by atoms with Crippen molar-refractivity contribution in [2.75, 3.05) is 5.32 Å². The van der Waals surface area contributed by atoms with Crippen LogP contribution >= 0.6 is 0 Å². The molecule has 1 aliphatic rings. The number of hydrogen-bond acceptors (Lipinski definition) is 6. The maximum Gasteiger partial charge on any atom is 0.207 e. The molecule has 1 unspecified atom stereocenters. The number of amides is 1. The van der Waals surface area contributed by atoms with E-state index in [0.717, 1.165) is 29.1 Å². The fourth-order valence-corrected chi connectivity index (χ4v) is 4.39. The molecule has 5 rings (SSSR count). The number of rotatable bonds is 7. The zero-order valence-electron chi connectivity index (χ0n) is 21.4. The third-order valence-corrected chi connectivity index (χ3v) is 6.35. The molecule has 0 radical (unpaired) electrons. The summed E-state index contributed by atoms with van der Waals surface area (Å²) in [5.74, 6) is 2.47. The third kappa shape index (κ3) is 7.22. The average molecular weight is 505 g/mol. The van der Waals surface area contributed by atoms with Crippen LogP contribution in [0.2, 0.25) is 0 Å². The van der Waals surface area contributed by atoms with Gasteiger partial charge in [0.1, 0.15) is 5.82 Å². The van der Waals surface area contributed by atoms with E-state index in [1.807, 2.05) is 26.0 Å². The highest BCUT2D eigenvalue weighted by Crippen LogP contribution is 2.32. The number of aryl methyl sites for hydroxylation is 2. The zero-order chi connectivity index (χ0) is 26.2. The number of pyridine rings is 2. The summed E-state index contributed by atoms with van der Waals surface area (Å²) in [7, 11) is 0. The number of halogens is 1. The normalized spacial score (nSPS) is 14.4. The average Bonchev–Trinajstić information content (AvgIpc) is 3.52. The first kappa shape index (κ1) is 26.0. The lowest BCUT2D eigenvalue weighted by Gasteiger charge is -2.22. The number of aromatic nitrogens is 6. The van der Waals surface area contributed by atoms with Gasteiger partial charge in [-0.2, -0.15) is 10.2 Å². The van der Waals surface area contributed by atoms with Gasteiger partial charge in [0.05, 0.1) is 18.4 Å². The van der Waals surface area contributed by atoms with Gasteiger partial charge in [0.25, 0.3) is 0 Å². The molecule has 0 saturated heterocycles. The van der Waals surface area contributed by atoms with Crippen molar-refractivity contribution < 1.29 is 9.18 Å². The molecule has 1 saturated carbocycles. The minimum absolute atomic E-state index is 0.108. The van der Waals surface area contributed by atoms with E-state index in [9.17, 15) is 9.18 Å². The number of H-pyrrole nitrogens is 1. The molecule has 1 amide bonds. The van der Waals surface area contributed by atoms with Gasteiger partial charge in [-0.3, -0.25) is 9.89 Å². The van der Waals surface area contributed by atoms with E-state index in [-0.39, 0.29) is 6.04 Å².